The second-order valence-corrected chi connectivity index (χ2v) is 5.85. The van der Waals surface area contributed by atoms with E-state index >= 15 is 0 Å². The zero-order chi connectivity index (χ0) is 14.0. The molecule has 0 aliphatic carbocycles. The molecule has 0 spiro atoms. The van der Waals surface area contributed by atoms with Crippen LogP contribution in [0.4, 0.5) is 0 Å². The Morgan fingerprint density at radius 2 is 1.53 bits per heavy atom. The lowest BCUT2D eigenvalue weighted by Crippen LogP contribution is -2.48. The van der Waals surface area contributed by atoms with Gasteiger partial charge in [0.15, 0.2) is 0 Å². The molecular weight excluding hydrogens is 236 g/mol. The average molecular weight is 269 g/mol. The molecule has 3 nitrogen and oxygen atoms in total. The Morgan fingerprint density at radius 1 is 0.947 bits per heavy atom. The van der Waals surface area contributed by atoms with Gasteiger partial charge in [-0.15, -0.1) is 4.65 Å². The number of aliphatic imine (C=N–C) groups is 1. The number of hydrogen-bond acceptors (Lipinski definition) is 2. The molecule has 0 aromatic rings. The Labute approximate surface area is 119 Å². The SMILES string of the molecule is CCCCCCCCCCC[N+]1(O)CCN=C1CC. The molecule has 0 saturated heterocycles. The minimum atomic E-state index is 0.132. The van der Waals surface area contributed by atoms with Gasteiger partial charge in [0, 0.05) is 6.42 Å². The third-order valence-corrected chi connectivity index (χ3v) is 4.19. The van der Waals surface area contributed by atoms with E-state index in [1.807, 2.05) is 0 Å². The van der Waals surface area contributed by atoms with Gasteiger partial charge in [-0.05, 0) is 12.8 Å². The summed E-state index contributed by atoms with van der Waals surface area (Å²) in [7, 11) is 0. The summed E-state index contributed by atoms with van der Waals surface area (Å²) in [6.45, 7) is 6.81. The van der Waals surface area contributed by atoms with E-state index in [0.717, 1.165) is 38.3 Å². The average Bonchev–Trinajstić information content (AvgIpc) is 2.78. The Balaban J connectivity index is 1.98. The first kappa shape index (κ1) is 16.6. The lowest BCUT2D eigenvalue weighted by molar-refractivity contribution is -1.03. The minimum Gasteiger partial charge on any atom is -0.230 e. The van der Waals surface area contributed by atoms with Crippen molar-refractivity contribution in [3.05, 3.63) is 0 Å². The van der Waals surface area contributed by atoms with Gasteiger partial charge in [-0.3, -0.25) is 0 Å². The van der Waals surface area contributed by atoms with Gasteiger partial charge in [0.2, 0.25) is 5.84 Å². The lowest BCUT2D eigenvalue weighted by atomic mass is 10.1. The highest BCUT2D eigenvalue weighted by Gasteiger charge is 2.35. The van der Waals surface area contributed by atoms with Crippen molar-refractivity contribution < 1.29 is 9.85 Å². The van der Waals surface area contributed by atoms with Gasteiger partial charge in [-0.2, -0.15) is 0 Å². The maximum atomic E-state index is 10.5. The summed E-state index contributed by atoms with van der Waals surface area (Å²) < 4.78 is 0.132. The molecule has 1 N–H and O–H groups in total. The van der Waals surface area contributed by atoms with E-state index in [-0.39, 0.29) is 4.65 Å². The topological polar surface area (TPSA) is 32.6 Å². The minimum absolute atomic E-state index is 0.132. The smallest absolute Gasteiger partial charge is 0.230 e. The highest BCUT2D eigenvalue weighted by Crippen LogP contribution is 2.17. The molecule has 0 bridgehead atoms. The van der Waals surface area contributed by atoms with Crippen molar-refractivity contribution in [3.8, 4) is 0 Å². The zero-order valence-corrected chi connectivity index (χ0v) is 13.0. The van der Waals surface area contributed by atoms with Crippen LogP contribution in [0.3, 0.4) is 0 Å². The highest BCUT2D eigenvalue weighted by molar-refractivity contribution is 5.75. The summed E-state index contributed by atoms with van der Waals surface area (Å²) in [4.78, 5) is 4.40. The summed E-state index contributed by atoms with van der Waals surface area (Å²) in [6.07, 6.45) is 12.9. The second-order valence-electron chi connectivity index (χ2n) is 5.85. The van der Waals surface area contributed by atoms with Gasteiger partial charge in [-0.25, -0.2) is 10.2 Å². The van der Waals surface area contributed by atoms with E-state index in [0.29, 0.717) is 0 Å². The summed E-state index contributed by atoms with van der Waals surface area (Å²) >= 11 is 0. The maximum absolute atomic E-state index is 10.5. The molecule has 1 heterocycles. The summed E-state index contributed by atoms with van der Waals surface area (Å²) in [5.41, 5.74) is 0. The Kier molecular flexibility index (Phi) is 8.31. The Morgan fingerprint density at radius 3 is 2.11 bits per heavy atom. The van der Waals surface area contributed by atoms with Gasteiger partial charge in [0.1, 0.15) is 13.1 Å². The summed E-state index contributed by atoms with van der Waals surface area (Å²) in [5.74, 6) is 0.986. The van der Waals surface area contributed by atoms with Crippen LogP contribution in [0.2, 0.25) is 0 Å². The maximum Gasteiger partial charge on any atom is 0.230 e. The Bertz CT molecular complexity index is 265. The number of rotatable bonds is 11. The fourth-order valence-electron chi connectivity index (χ4n) is 2.94. The number of hydrogen-bond donors (Lipinski definition) is 1. The molecule has 0 saturated carbocycles. The summed E-state index contributed by atoms with van der Waals surface area (Å²) in [6, 6.07) is 0. The molecule has 0 aromatic carbocycles. The van der Waals surface area contributed by atoms with Crippen LogP contribution in [0.5, 0.6) is 0 Å². The van der Waals surface area contributed by atoms with E-state index in [9.17, 15) is 5.21 Å². The number of unbranched alkanes of at least 4 members (excludes halogenated alkanes) is 8. The largest absolute Gasteiger partial charge is 0.230 e. The molecule has 3 heteroatoms. The van der Waals surface area contributed by atoms with Crippen molar-refractivity contribution in [3.63, 3.8) is 0 Å². The monoisotopic (exact) mass is 269 g/mol. The standard InChI is InChI=1S/C16H33N2O/c1-3-5-6-7-8-9-10-11-12-14-18(19)15-13-17-16(18)4-2/h19H,3-15H2,1-2H3/q+1. The fraction of sp³-hybridized carbons (Fsp3) is 0.938. The normalized spacial score (nSPS) is 22.8. The van der Waals surface area contributed by atoms with Crippen LogP contribution in [-0.4, -0.2) is 35.3 Å². The quantitative estimate of drug-likeness (QED) is 0.433. The van der Waals surface area contributed by atoms with Crippen molar-refractivity contribution in [2.24, 2.45) is 4.99 Å². The molecule has 1 atom stereocenters. The van der Waals surface area contributed by atoms with Crippen molar-refractivity contribution >= 4 is 5.84 Å². The summed E-state index contributed by atoms with van der Waals surface area (Å²) in [5, 5.41) is 10.5. The molecule has 0 fully saturated rings. The van der Waals surface area contributed by atoms with Gasteiger partial charge in [0.25, 0.3) is 0 Å². The first-order chi connectivity index (χ1) is 9.23. The van der Waals surface area contributed by atoms with Crippen LogP contribution >= 0.6 is 0 Å². The lowest BCUT2D eigenvalue weighted by Gasteiger charge is -2.25. The first-order valence-corrected chi connectivity index (χ1v) is 8.36. The molecular formula is C16H33N2O+. The van der Waals surface area contributed by atoms with E-state index in [4.69, 9.17) is 0 Å². The number of amidine groups is 1. The Hall–Kier alpha value is -0.410. The molecule has 1 rings (SSSR count). The second kappa shape index (κ2) is 9.49. The van der Waals surface area contributed by atoms with Crippen LogP contribution in [0, 0.1) is 0 Å². The van der Waals surface area contributed by atoms with Crippen LogP contribution < -0.4 is 0 Å². The van der Waals surface area contributed by atoms with Crippen LogP contribution in [0.25, 0.3) is 0 Å². The van der Waals surface area contributed by atoms with Gasteiger partial charge >= 0.3 is 0 Å². The van der Waals surface area contributed by atoms with Crippen molar-refractivity contribution in [2.45, 2.75) is 78.1 Å². The zero-order valence-electron chi connectivity index (χ0n) is 13.0. The number of quaternary nitrogens is 1. The molecule has 0 amide bonds. The molecule has 1 aliphatic heterocycles. The van der Waals surface area contributed by atoms with Gasteiger partial charge in [0.05, 0.1) is 6.54 Å². The van der Waals surface area contributed by atoms with E-state index in [2.05, 4.69) is 18.8 Å². The predicted octanol–water partition coefficient (Wildman–Crippen LogP) is 4.55. The first-order valence-electron chi connectivity index (χ1n) is 8.36. The van der Waals surface area contributed by atoms with Crippen molar-refractivity contribution in [1.29, 1.82) is 0 Å². The van der Waals surface area contributed by atoms with Crippen LogP contribution in [0.1, 0.15) is 78.1 Å². The van der Waals surface area contributed by atoms with Crippen LogP contribution in [-0.2, 0) is 0 Å². The van der Waals surface area contributed by atoms with E-state index < -0.39 is 0 Å². The third-order valence-electron chi connectivity index (χ3n) is 4.19. The number of hydroxylamine groups is 3. The number of nitrogens with zero attached hydrogens (tertiary/aromatic N) is 2. The van der Waals surface area contributed by atoms with Gasteiger partial charge < -0.3 is 0 Å². The molecule has 0 aromatic heterocycles. The van der Waals surface area contributed by atoms with E-state index in [1.165, 1.54) is 51.4 Å². The van der Waals surface area contributed by atoms with Gasteiger partial charge in [-0.1, -0.05) is 58.8 Å². The molecule has 112 valence electrons. The molecule has 0 radical (unpaired) electrons. The molecule has 1 unspecified atom stereocenters. The van der Waals surface area contributed by atoms with Crippen molar-refractivity contribution in [2.75, 3.05) is 19.6 Å². The molecule has 19 heavy (non-hydrogen) atoms. The van der Waals surface area contributed by atoms with Crippen molar-refractivity contribution in [1.82, 2.24) is 0 Å². The van der Waals surface area contributed by atoms with E-state index in [1.54, 1.807) is 0 Å². The predicted molar refractivity (Wildman–Crippen MR) is 81.6 cm³/mol. The van der Waals surface area contributed by atoms with Crippen LogP contribution in [0.15, 0.2) is 4.99 Å². The fourth-order valence-corrected chi connectivity index (χ4v) is 2.94. The highest BCUT2D eigenvalue weighted by atomic mass is 16.5. The molecule has 1 aliphatic rings. The third kappa shape index (κ3) is 6.05.